The largest absolute Gasteiger partial charge is 0.378 e. The zero-order valence-electron chi connectivity index (χ0n) is 15.4. The summed E-state index contributed by atoms with van der Waals surface area (Å²) in [5.41, 5.74) is 3.03. The Morgan fingerprint density at radius 3 is 2.27 bits per heavy atom. The number of aryl methyl sites for hydroxylation is 2. The Bertz CT molecular complexity index is 1270. The third-order valence-electron chi connectivity index (χ3n) is 4.77. The van der Waals surface area contributed by atoms with Gasteiger partial charge in [0.25, 0.3) is 5.56 Å². The van der Waals surface area contributed by atoms with Gasteiger partial charge in [-0.3, -0.25) is 22.9 Å². The van der Waals surface area contributed by atoms with Crippen LogP contribution in [0.15, 0.2) is 40.1 Å². The average Bonchev–Trinajstić information content (AvgIpc) is 3.12. The zero-order valence-corrected chi connectivity index (χ0v) is 15.4. The molecule has 0 aliphatic rings. The molecule has 4 aromatic rings. The number of nitrogens with zero attached hydrogens (tertiary/aromatic N) is 6. The summed E-state index contributed by atoms with van der Waals surface area (Å²) in [5.74, 6) is 0.605. The SMILES string of the molecule is Cc1cn2c3c(=O)n(C)c(=O)n(C)c3nc2n1-c1ccc(N(C)C)cc1. The van der Waals surface area contributed by atoms with Crippen LogP contribution in [0.3, 0.4) is 0 Å². The average molecular weight is 352 g/mol. The van der Waals surface area contributed by atoms with E-state index in [1.807, 2.05) is 60.9 Å². The van der Waals surface area contributed by atoms with Crippen LogP contribution >= 0.6 is 0 Å². The summed E-state index contributed by atoms with van der Waals surface area (Å²) in [6.45, 7) is 1.97. The smallest absolute Gasteiger partial charge is 0.332 e. The molecule has 0 bridgehead atoms. The second-order valence-corrected chi connectivity index (χ2v) is 6.68. The zero-order chi connectivity index (χ0) is 18.7. The predicted octanol–water partition coefficient (Wildman–Crippen LogP) is 1.05. The van der Waals surface area contributed by atoms with Gasteiger partial charge in [0.2, 0.25) is 5.78 Å². The van der Waals surface area contributed by atoms with Crippen molar-refractivity contribution in [3.63, 3.8) is 0 Å². The molecule has 0 spiro atoms. The molecule has 8 nitrogen and oxygen atoms in total. The molecular weight excluding hydrogens is 332 g/mol. The van der Waals surface area contributed by atoms with Crippen molar-refractivity contribution < 1.29 is 0 Å². The van der Waals surface area contributed by atoms with Crippen molar-refractivity contribution in [1.29, 1.82) is 0 Å². The molecule has 0 unspecified atom stereocenters. The Hall–Kier alpha value is -3.29. The minimum absolute atomic E-state index is 0.351. The fourth-order valence-electron chi connectivity index (χ4n) is 3.30. The van der Waals surface area contributed by atoms with Crippen LogP contribution in [0.25, 0.3) is 22.6 Å². The topological polar surface area (TPSA) is 69.5 Å². The highest BCUT2D eigenvalue weighted by Crippen LogP contribution is 2.22. The lowest BCUT2D eigenvalue weighted by Gasteiger charge is -2.13. The first-order chi connectivity index (χ1) is 12.3. The van der Waals surface area contributed by atoms with Gasteiger partial charge in [-0.2, -0.15) is 4.98 Å². The number of aromatic nitrogens is 5. The number of fused-ring (bicyclic) bond motifs is 3. The first kappa shape index (κ1) is 16.2. The van der Waals surface area contributed by atoms with E-state index in [4.69, 9.17) is 0 Å². The number of hydrogen-bond donors (Lipinski definition) is 0. The van der Waals surface area contributed by atoms with Crippen molar-refractivity contribution in [2.24, 2.45) is 14.1 Å². The summed E-state index contributed by atoms with van der Waals surface area (Å²) in [6.07, 6.45) is 1.87. The van der Waals surface area contributed by atoms with E-state index in [-0.39, 0.29) is 11.2 Å². The van der Waals surface area contributed by atoms with Gasteiger partial charge in [0.05, 0.1) is 0 Å². The van der Waals surface area contributed by atoms with Crippen molar-refractivity contribution in [3.05, 3.63) is 57.0 Å². The summed E-state index contributed by atoms with van der Waals surface area (Å²) in [4.78, 5) is 31.4. The Morgan fingerprint density at radius 2 is 1.65 bits per heavy atom. The van der Waals surface area contributed by atoms with Crippen LogP contribution in [0.1, 0.15) is 5.69 Å². The van der Waals surface area contributed by atoms with Crippen LogP contribution in [0.2, 0.25) is 0 Å². The molecule has 1 aromatic carbocycles. The van der Waals surface area contributed by atoms with Crippen LogP contribution in [0.4, 0.5) is 5.69 Å². The predicted molar refractivity (Wildman–Crippen MR) is 102 cm³/mol. The van der Waals surface area contributed by atoms with Gasteiger partial charge in [0.15, 0.2) is 11.2 Å². The van der Waals surface area contributed by atoms with Crippen molar-refractivity contribution in [3.8, 4) is 5.69 Å². The number of anilines is 1. The summed E-state index contributed by atoms with van der Waals surface area (Å²) < 4.78 is 6.24. The van der Waals surface area contributed by atoms with Gasteiger partial charge >= 0.3 is 5.69 Å². The lowest BCUT2D eigenvalue weighted by Crippen LogP contribution is -2.37. The van der Waals surface area contributed by atoms with Gasteiger partial charge in [0, 0.05) is 51.5 Å². The van der Waals surface area contributed by atoms with E-state index in [0.29, 0.717) is 16.9 Å². The van der Waals surface area contributed by atoms with E-state index in [2.05, 4.69) is 4.98 Å². The Morgan fingerprint density at radius 1 is 1.00 bits per heavy atom. The van der Waals surface area contributed by atoms with Gasteiger partial charge in [-0.1, -0.05) is 0 Å². The third-order valence-corrected chi connectivity index (χ3v) is 4.77. The second kappa shape index (κ2) is 5.35. The Balaban J connectivity index is 2.07. The molecule has 0 aliphatic heterocycles. The van der Waals surface area contributed by atoms with Gasteiger partial charge in [-0.25, -0.2) is 4.79 Å². The molecule has 0 aliphatic carbocycles. The molecule has 8 heteroatoms. The van der Waals surface area contributed by atoms with Crippen molar-refractivity contribution in [2.75, 3.05) is 19.0 Å². The summed E-state index contributed by atoms with van der Waals surface area (Å²) in [7, 11) is 7.09. The summed E-state index contributed by atoms with van der Waals surface area (Å²) in [6, 6.07) is 8.09. The lowest BCUT2D eigenvalue weighted by molar-refractivity contribution is 0.708. The highest BCUT2D eigenvalue weighted by Gasteiger charge is 2.19. The second-order valence-electron chi connectivity index (χ2n) is 6.68. The summed E-state index contributed by atoms with van der Waals surface area (Å²) >= 11 is 0. The van der Waals surface area contributed by atoms with E-state index in [1.54, 1.807) is 11.4 Å². The Labute approximate surface area is 149 Å². The summed E-state index contributed by atoms with van der Waals surface area (Å²) in [5, 5.41) is 0. The molecule has 4 rings (SSSR count). The van der Waals surface area contributed by atoms with Crippen molar-refractivity contribution >= 4 is 22.6 Å². The highest BCUT2D eigenvalue weighted by molar-refractivity contribution is 5.76. The minimum Gasteiger partial charge on any atom is -0.378 e. The molecule has 3 aromatic heterocycles. The van der Waals surface area contributed by atoms with Crippen LogP contribution in [-0.4, -0.2) is 37.2 Å². The number of rotatable bonds is 2. The van der Waals surface area contributed by atoms with Crippen LogP contribution in [-0.2, 0) is 14.1 Å². The van der Waals surface area contributed by atoms with Gasteiger partial charge in [0.1, 0.15) is 0 Å². The molecule has 0 N–H and O–H groups in total. The number of imidazole rings is 2. The maximum absolute atomic E-state index is 12.6. The van der Waals surface area contributed by atoms with E-state index < -0.39 is 0 Å². The highest BCUT2D eigenvalue weighted by atomic mass is 16.2. The lowest BCUT2D eigenvalue weighted by atomic mass is 10.2. The van der Waals surface area contributed by atoms with E-state index in [0.717, 1.165) is 21.6 Å². The molecule has 26 heavy (non-hydrogen) atoms. The third kappa shape index (κ3) is 2.05. The van der Waals surface area contributed by atoms with Gasteiger partial charge in [-0.05, 0) is 31.2 Å². The number of benzene rings is 1. The normalized spacial score (nSPS) is 11.6. The van der Waals surface area contributed by atoms with Crippen LogP contribution < -0.4 is 16.1 Å². The molecular formula is C18H20N6O2. The maximum Gasteiger partial charge on any atom is 0.332 e. The molecule has 3 heterocycles. The fourth-order valence-corrected chi connectivity index (χ4v) is 3.30. The van der Waals surface area contributed by atoms with Crippen molar-refractivity contribution in [1.82, 2.24) is 23.1 Å². The quantitative estimate of drug-likeness (QED) is 0.541. The molecule has 0 radical (unpaired) electrons. The van der Waals surface area contributed by atoms with Gasteiger partial charge in [-0.15, -0.1) is 0 Å². The van der Waals surface area contributed by atoms with Gasteiger partial charge < -0.3 is 4.90 Å². The van der Waals surface area contributed by atoms with E-state index in [1.165, 1.54) is 11.6 Å². The Kier molecular flexibility index (Phi) is 3.33. The van der Waals surface area contributed by atoms with E-state index >= 15 is 0 Å². The molecule has 0 amide bonds. The fraction of sp³-hybridized carbons (Fsp3) is 0.278. The van der Waals surface area contributed by atoms with E-state index in [9.17, 15) is 9.59 Å². The minimum atomic E-state index is -0.387. The van der Waals surface area contributed by atoms with Crippen LogP contribution in [0, 0.1) is 6.92 Å². The molecule has 0 saturated heterocycles. The maximum atomic E-state index is 12.6. The van der Waals surface area contributed by atoms with Crippen LogP contribution in [0.5, 0.6) is 0 Å². The first-order valence-corrected chi connectivity index (χ1v) is 8.25. The molecule has 134 valence electrons. The molecule has 0 atom stereocenters. The first-order valence-electron chi connectivity index (χ1n) is 8.25. The molecule has 0 saturated carbocycles. The molecule has 0 fully saturated rings. The van der Waals surface area contributed by atoms with Crippen molar-refractivity contribution in [2.45, 2.75) is 6.92 Å². The monoisotopic (exact) mass is 352 g/mol. The number of hydrogen-bond acceptors (Lipinski definition) is 4. The standard InChI is InChI=1S/C18H20N6O2/c1-11-10-23-14-15(21(4)18(26)22(5)16(14)25)19-17(23)24(11)13-8-6-12(7-9-13)20(2)3/h6-10H,1-5H3.